The zero-order valence-electron chi connectivity index (χ0n) is 19.4. The molecule has 0 unspecified atom stereocenters. The van der Waals surface area contributed by atoms with Gasteiger partial charge in [0.1, 0.15) is 5.76 Å². The number of nitrogens with one attached hydrogen (secondary N) is 1. The Hall–Kier alpha value is -2.94. The minimum absolute atomic E-state index is 0.0256. The summed E-state index contributed by atoms with van der Waals surface area (Å²) in [5.41, 5.74) is 3.19. The molecule has 1 saturated heterocycles. The Morgan fingerprint density at radius 3 is 2.38 bits per heavy atom. The van der Waals surface area contributed by atoms with E-state index in [9.17, 15) is 13.2 Å². The summed E-state index contributed by atoms with van der Waals surface area (Å²) in [5, 5.41) is 2.91. The van der Waals surface area contributed by atoms with Crippen LogP contribution in [0.2, 0.25) is 0 Å². The second kappa shape index (κ2) is 11.0. The summed E-state index contributed by atoms with van der Waals surface area (Å²) in [4.78, 5) is 15.4. The maximum Gasteiger partial charge on any atom is 0.243 e. The summed E-state index contributed by atoms with van der Waals surface area (Å²) in [6, 6.07) is 18.1. The molecule has 2 aromatic carbocycles. The van der Waals surface area contributed by atoms with Gasteiger partial charge in [0.05, 0.1) is 24.2 Å². The first kappa shape index (κ1) is 24.2. The Bertz CT molecular complexity index is 1190. The van der Waals surface area contributed by atoms with Crippen molar-refractivity contribution in [2.45, 2.75) is 44.3 Å². The van der Waals surface area contributed by atoms with Gasteiger partial charge in [0.15, 0.2) is 0 Å². The summed E-state index contributed by atoms with van der Waals surface area (Å²) in [6.07, 6.45) is 3.93. The molecule has 0 radical (unpaired) electrons. The molecule has 34 heavy (non-hydrogen) atoms. The van der Waals surface area contributed by atoms with Crippen LogP contribution in [0, 0.1) is 6.92 Å². The highest BCUT2D eigenvalue weighted by Gasteiger charge is 2.27. The van der Waals surface area contributed by atoms with Crippen LogP contribution in [0.3, 0.4) is 0 Å². The molecule has 1 aliphatic rings. The fourth-order valence-corrected chi connectivity index (χ4v) is 5.50. The molecule has 1 amide bonds. The monoisotopic (exact) mass is 481 g/mol. The number of hydrogen-bond donors (Lipinski definition) is 1. The lowest BCUT2D eigenvalue weighted by Gasteiger charge is -2.21. The molecule has 0 atom stereocenters. The third-order valence-corrected chi connectivity index (χ3v) is 7.88. The summed E-state index contributed by atoms with van der Waals surface area (Å²) in [7, 11) is -3.89. The zero-order valence-corrected chi connectivity index (χ0v) is 20.3. The first-order chi connectivity index (χ1) is 16.4. The van der Waals surface area contributed by atoms with Gasteiger partial charge in [-0.3, -0.25) is 9.69 Å². The van der Waals surface area contributed by atoms with Crippen LogP contribution in [0.5, 0.6) is 0 Å². The normalized spacial score (nSPS) is 14.5. The van der Waals surface area contributed by atoms with E-state index < -0.39 is 10.0 Å². The van der Waals surface area contributed by atoms with Crippen molar-refractivity contribution in [3.8, 4) is 0 Å². The SMILES string of the molecule is Cc1ccc(S(=O)(=O)N(CC(=O)NCc2ccccc2CN2CCCC2)Cc2ccco2)cc1. The first-order valence-electron chi connectivity index (χ1n) is 11.6. The highest BCUT2D eigenvalue weighted by molar-refractivity contribution is 7.89. The Morgan fingerprint density at radius 2 is 1.71 bits per heavy atom. The molecule has 1 fully saturated rings. The maximum absolute atomic E-state index is 13.3. The molecule has 2 heterocycles. The van der Waals surface area contributed by atoms with Crippen molar-refractivity contribution in [2.24, 2.45) is 0 Å². The van der Waals surface area contributed by atoms with E-state index in [1.54, 1.807) is 36.4 Å². The Balaban J connectivity index is 1.45. The third-order valence-electron chi connectivity index (χ3n) is 6.08. The van der Waals surface area contributed by atoms with E-state index in [1.807, 2.05) is 25.1 Å². The van der Waals surface area contributed by atoms with E-state index in [0.717, 1.165) is 35.1 Å². The Morgan fingerprint density at radius 1 is 1.00 bits per heavy atom. The molecule has 1 N–H and O–H groups in total. The average Bonchev–Trinajstić information content (AvgIpc) is 3.53. The van der Waals surface area contributed by atoms with E-state index in [-0.39, 0.29) is 23.9 Å². The largest absolute Gasteiger partial charge is 0.468 e. The number of furan rings is 1. The number of sulfonamides is 1. The lowest BCUT2D eigenvalue weighted by Crippen LogP contribution is -2.40. The van der Waals surface area contributed by atoms with Gasteiger partial charge >= 0.3 is 0 Å². The summed E-state index contributed by atoms with van der Waals surface area (Å²) in [6.45, 7) is 4.97. The standard InChI is InChI=1S/C26H31N3O4S/c1-21-10-12-25(13-11-21)34(31,32)29(19-24-9-6-16-33-24)20-26(30)27-17-22-7-2-3-8-23(22)18-28-14-4-5-15-28/h2-3,6-13,16H,4-5,14-15,17-20H2,1H3,(H,27,30). The van der Waals surface area contributed by atoms with Gasteiger partial charge in [-0.25, -0.2) is 8.42 Å². The van der Waals surface area contributed by atoms with Gasteiger partial charge in [-0.1, -0.05) is 42.0 Å². The van der Waals surface area contributed by atoms with Crippen molar-refractivity contribution in [1.82, 2.24) is 14.5 Å². The van der Waals surface area contributed by atoms with Crippen molar-refractivity contribution >= 4 is 15.9 Å². The van der Waals surface area contributed by atoms with Crippen LogP contribution in [0.4, 0.5) is 0 Å². The van der Waals surface area contributed by atoms with Crippen LogP contribution < -0.4 is 5.32 Å². The summed E-state index contributed by atoms with van der Waals surface area (Å²) >= 11 is 0. The molecule has 1 aromatic heterocycles. The topological polar surface area (TPSA) is 82.9 Å². The van der Waals surface area contributed by atoms with Crippen LogP contribution in [0.15, 0.2) is 76.2 Å². The van der Waals surface area contributed by atoms with Gasteiger partial charge in [0.25, 0.3) is 0 Å². The number of carbonyl (C=O) groups is 1. The fourth-order valence-electron chi connectivity index (χ4n) is 4.14. The second-order valence-electron chi connectivity index (χ2n) is 8.69. The van der Waals surface area contributed by atoms with Crippen molar-refractivity contribution in [3.63, 3.8) is 0 Å². The minimum atomic E-state index is -3.89. The second-order valence-corrected chi connectivity index (χ2v) is 10.6. The molecule has 4 rings (SSSR count). The molecule has 0 bridgehead atoms. The molecular formula is C26H31N3O4S. The first-order valence-corrected chi connectivity index (χ1v) is 13.0. The number of hydrogen-bond acceptors (Lipinski definition) is 5. The summed E-state index contributed by atoms with van der Waals surface area (Å²) < 4.78 is 33.2. The van der Waals surface area contributed by atoms with Crippen LogP contribution >= 0.6 is 0 Å². The van der Waals surface area contributed by atoms with Gasteiger partial charge in [-0.05, 0) is 68.2 Å². The molecule has 0 saturated carbocycles. The maximum atomic E-state index is 13.3. The van der Waals surface area contributed by atoms with Crippen molar-refractivity contribution < 1.29 is 17.6 Å². The number of likely N-dealkylation sites (tertiary alicyclic amines) is 1. The molecule has 7 nitrogen and oxygen atoms in total. The van der Waals surface area contributed by atoms with E-state index in [2.05, 4.69) is 16.3 Å². The quantitative estimate of drug-likeness (QED) is 0.478. The third kappa shape index (κ3) is 6.14. The Kier molecular flexibility index (Phi) is 7.82. The number of carbonyl (C=O) groups excluding carboxylic acids is 1. The number of amides is 1. The number of rotatable bonds is 10. The van der Waals surface area contributed by atoms with E-state index in [4.69, 9.17) is 4.42 Å². The molecule has 0 spiro atoms. The minimum Gasteiger partial charge on any atom is -0.468 e. The van der Waals surface area contributed by atoms with Crippen molar-refractivity contribution in [2.75, 3.05) is 19.6 Å². The van der Waals surface area contributed by atoms with Crippen LogP contribution in [-0.4, -0.2) is 43.2 Å². The highest BCUT2D eigenvalue weighted by Crippen LogP contribution is 2.20. The number of benzene rings is 2. The van der Waals surface area contributed by atoms with Gasteiger partial charge in [-0.15, -0.1) is 0 Å². The Labute approximate surface area is 201 Å². The van der Waals surface area contributed by atoms with Crippen molar-refractivity contribution in [1.29, 1.82) is 0 Å². The van der Waals surface area contributed by atoms with Crippen LogP contribution in [0.1, 0.15) is 35.3 Å². The summed E-state index contributed by atoms with van der Waals surface area (Å²) in [5.74, 6) is 0.109. The predicted octanol–water partition coefficient (Wildman–Crippen LogP) is 3.69. The number of nitrogens with zero attached hydrogens (tertiary/aromatic N) is 2. The molecule has 180 valence electrons. The van der Waals surface area contributed by atoms with Gasteiger partial charge < -0.3 is 9.73 Å². The lowest BCUT2D eigenvalue weighted by atomic mass is 10.1. The van der Waals surface area contributed by atoms with Crippen LogP contribution in [0.25, 0.3) is 0 Å². The molecule has 0 aliphatic carbocycles. The van der Waals surface area contributed by atoms with Gasteiger partial charge in [-0.2, -0.15) is 4.31 Å². The smallest absolute Gasteiger partial charge is 0.243 e. The molecular weight excluding hydrogens is 450 g/mol. The average molecular weight is 482 g/mol. The molecule has 1 aliphatic heterocycles. The van der Waals surface area contributed by atoms with Gasteiger partial charge in [0.2, 0.25) is 15.9 Å². The highest BCUT2D eigenvalue weighted by atomic mass is 32.2. The van der Waals surface area contributed by atoms with Gasteiger partial charge in [0, 0.05) is 13.1 Å². The molecule has 3 aromatic rings. The molecule has 8 heteroatoms. The zero-order chi connectivity index (χ0) is 24.0. The van der Waals surface area contributed by atoms with E-state index in [0.29, 0.717) is 12.3 Å². The van der Waals surface area contributed by atoms with Crippen molar-refractivity contribution in [3.05, 3.63) is 89.4 Å². The van der Waals surface area contributed by atoms with E-state index in [1.165, 1.54) is 24.7 Å². The lowest BCUT2D eigenvalue weighted by molar-refractivity contribution is -0.121. The van der Waals surface area contributed by atoms with Crippen LogP contribution in [-0.2, 0) is 34.5 Å². The fraction of sp³-hybridized carbons (Fsp3) is 0.346. The predicted molar refractivity (Wildman–Crippen MR) is 130 cm³/mol. The van der Waals surface area contributed by atoms with E-state index >= 15 is 0 Å². The number of aryl methyl sites for hydroxylation is 1.